The highest BCUT2D eigenvalue weighted by Gasteiger charge is 2.34. The summed E-state index contributed by atoms with van der Waals surface area (Å²) in [5.74, 6) is 1.53. The SMILES string of the molecule is COc1cc2c(Cc3ccncc3)nnc(N3CCNCC3)c2cc1C(C)(O)CCC(C)(C)N1CCOCC1. The monoisotopic (exact) mass is 534 g/mol. The quantitative estimate of drug-likeness (QED) is 0.429. The number of piperazine rings is 1. The van der Waals surface area contributed by atoms with Gasteiger partial charge in [0.15, 0.2) is 5.82 Å². The van der Waals surface area contributed by atoms with E-state index in [1.807, 2.05) is 25.1 Å². The first-order chi connectivity index (χ1) is 18.8. The summed E-state index contributed by atoms with van der Waals surface area (Å²) in [6.45, 7) is 13.3. The number of hydrogen-bond donors (Lipinski definition) is 2. The van der Waals surface area contributed by atoms with Crippen LogP contribution in [0.15, 0.2) is 36.7 Å². The standard InChI is InChI=1S/C30H42N6O3/c1-29(2,36-15-17-39-18-16-36)7-8-30(3,37)25-20-24-23(21-27(25)38-4)26(19-22-5-9-31-10-6-22)33-34-28(24)35-13-11-32-12-14-35/h5-6,9-10,20-21,32,37H,7-8,11-19H2,1-4H3. The van der Waals surface area contributed by atoms with Gasteiger partial charge in [-0.1, -0.05) is 0 Å². The molecule has 0 radical (unpaired) electrons. The van der Waals surface area contributed by atoms with Gasteiger partial charge < -0.3 is 24.8 Å². The van der Waals surface area contributed by atoms with E-state index in [1.54, 1.807) is 19.5 Å². The number of nitrogens with zero attached hydrogens (tertiary/aromatic N) is 5. The number of ether oxygens (including phenoxy) is 2. The Labute approximate surface area is 231 Å². The average molecular weight is 535 g/mol. The molecule has 2 saturated heterocycles. The van der Waals surface area contributed by atoms with Gasteiger partial charge in [0.05, 0.1) is 31.6 Å². The molecular weight excluding hydrogens is 492 g/mol. The van der Waals surface area contributed by atoms with Crippen LogP contribution in [0.3, 0.4) is 0 Å². The molecule has 39 heavy (non-hydrogen) atoms. The van der Waals surface area contributed by atoms with Crippen molar-refractivity contribution in [2.24, 2.45) is 0 Å². The molecule has 9 nitrogen and oxygen atoms in total. The van der Waals surface area contributed by atoms with Crippen LogP contribution in [0, 0.1) is 0 Å². The molecule has 2 aliphatic heterocycles. The lowest BCUT2D eigenvalue weighted by molar-refractivity contribution is -0.0274. The fraction of sp³-hybridized carbons (Fsp3) is 0.567. The van der Waals surface area contributed by atoms with Crippen molar-refractivity contribution in [1.29, 1.82) is 0 Å². The van der Waals surface area contributed by atoms with Crippen LogP contribution in [-0.2, 0) is 16.8 Å². The lowest BCUT2D eigenvalue weighted by Gasteiger charge is -2.42. The Bertz CT molecular complexity index is 1250. The Balaban J connectivity index is 1.53. The Morgan fingerprint density at radius 2 is 1.69 bits per heavy atom. The van der Waals surface area contributed by atoms with E-state index in [0.29, 0.717) is 18.6 Å². The molecule has 0 aliphatic carbocycles. The normalized spacial score (nSPS) is 18.7. The fourth-order valence-corrected chi connectivity index (χ4v) is 5.75. The first kappa shape index (κ1) is 27.7. The minimum atomic E-state index is -1.08. The number of pyridine rings is 1. The second-order valence-corrected chi connectivity index (χ2v) is 11.5. The summed E-state index contributed by atoms with van der Waals surface area (Å²) in [5, 5.41) is 26.8. The summed E-state index contributed by atoms with van der Waals surface area (Å²) >= 11 is 0. The van der Waals surface area contributed by atoms with Crippen LogP contribution in [-0.4, -0.2) is 90.3 Å². The van der Waals surface area contributed by atoms with E-state index in [9.17, 15) is 5.11 Å². The Hall–Kier alpha value is -2.85. The van der Waals surface area contributed by atoms with Gasteiger partial charge in [-0.25, -0.2) is 0 Å². The summed E-state index contributed by atoms with van der Waals surface area (Å²) in [6.07, 6.45) is 5.68. The highest BCUT2D eigenvalue weighted by atomic mass is 16.5. The third-order valence-electron chi connectivity index (χ3n) is 8.37. The number of fused-ring (bicyclic) bond motifs is 1. The topological polar surface area (TPSA) is 95.9 Å². The molecule has 0 bridgehead atoms. The molecule has 210 valence electrons. The zero-order chi connectivity index (χ0) is 27.5. The first-order valence-corrected chi connectivity index (χ1v) is 14.1. The van der Waals surface area contributed by atoms with Gasteiger partial charge in [0, 0.05) is 80.0 Å². The van der Waals surface area contributed by atoms with Crippen molar-refractivity contribution in [2.75, 3.05) is 64.5 Å². The molecule has 3 aromatic rings. The molecular formula is C30H42N6O3. The number of nitrogens with one attached hydrogen (secondary N) is 1. The molecule has 2 fully saturated rings. The molecule has 5 rings (SSSR count). The molecule has 0 saturated carbocycles. The zero-order valence-corrected chi connectivity index (χ0v) is 23.7. The molecule has 0 spiro atoms. The molecule has 1 unspecified atom stereocenters. The highest BCUT2D eigenvalue weighted by molar-refractivity contribution is 5.95. The second-order valence-electron chi connectivity index (χ2n) is 11.5. The van der Waals surface area contributed by atoms with Crippen LogP contribution in [0.2, 0.25) is 0 Å². The van der Waals surface area contributed by atoms with E-state index in [4.69, 9.17) is 19.7 Å². The van der Waals surface area contributed by atoms with E-state index in [0.717, 1.165) is 92.3 Å². The number of aromatic nitrogens is 3. The van der Waals surface area contributed by atoms with Crippen LogP contribution in [0.4, 0.5) is 5.82 Å². The maximum Gasteiger partial charge on any atom is 0.159 e. The van der Waals surface area contributed by atoms with Gasteiger partial charge in [-0.2, -0.15) is 5.10 Å². The van der Waals surface area contributed by atoms with Crippen molar-refractivity contribution in [1.82, 2.24) is 25.4 Å². The van der Waals surface area contributed by atoms with E-state index >= 15 is 0 Å². The molecule has 9 heteroatoms. The molecule has 4 heterocycles. The van der Waals surface area contributed by atoms with Crippen LogP contribution >= 0.6 is 0 Å². The van der Waals surface area contributed by atoms with Gasteiger partial charge in [-0.15, -0.1) is 5.10 Å². The minimum absolute atomic E-state index is 0.0486. The number of anilines is 1. The predicted molar refractivity (Wildman–Crippen MR) is 153 cm³/mol. The maximum absolute atomic E-state index is 11.9. The smallest absolute Gasteiger partial charge is 0.159 e. The number of morpholine rings is 1. The van der Waals surface area contributed by atoms with Crippen LogP contribution < -0.4 is 15.0 Å². The number of rotatable bonds is 9. The van der Waals surface area contributed by atoms with E-state index in [1.165, 1.54) is 0 Å². The maximum atomic E-state index is 11.9. The van der Waals surface area contributed by atoms with Gasteiger partial charge in [-0.3, -0.25) is 9.88 Å². The van der Waals surface area contributed by atoms with Gasteiger partial charge in [0.25, 0.3) is 0 Å². The van der Waals surface area contributed by atoms with Gasteiger partial charge in [0.1, 0.15) is 5.75 Å². The van der Waals surface area contributed by atoms with E-state index in [2.05, 4.69) is 40.0 Å². The molecule has 0 amide bonds. The summed E-state index contributed by atoms with van der Waals surface area (Å²) in [6, 6.07) is 8.15. The fourth-order valence-electron chi connectivity index (χ4n) is 5.75. The summed E-state index contributed by atoms with van der Waals surface area (Å²) in [5.41, 5.74) is 1.66. The Morgan fingerprint density at radius 3 is 2.38 bits per heavy atom. The van der Waals surface area contributed by atoms with Crippen molar-refractivity contribution in [3.05, 3.63) is 53.5 Å². The van der Waals surface area contributed by atoms with Gasteiger partial charge in [-0.05, 0) is 63.4 Å². The third-order valence-corrected chi connectivity index (χ3v) is 8.37. The van der Waals surface area contributed by atoms with Gasteiger partial charge in [0.2, 0.25) is 0 Å². The predicted octanol–water partition coefficient (Wildman–Crippen LogP) is 3.13. The van der Waals surface area contributed by atoms with Crippen molar-refractivity contribution in [3.63, 3.8) is 0 Å². The third kappa shape index (κ3) is 6.17. The molecule has 1 aromatic carbocycles. The highest BCUT2D eigenvalue weighted by Crippen LogP contribution is 2.41. The van der Waals surface area contributed by atoms with Crippen molar-refractivity contribution in [3.8, 4) is 5.75 Å². The molecule has 2 aliphatic rings. The minimum Gasteiger partial charge on any atom is -0.496 e. The van der Waals surface area contributed by atoms with E-state index < -0.39 is 5.60 Å². The lowest BCUT2D eigenvalue weighted by Crippen LogP contribution is -2.50. The second kappa shape index (κ2) is 11.7. The summed E-state index contributed by atoms with van der Waals surface area (Å²) in [7, 11) is 1.67. The number of hydrogen-bond acceptors (Lipinski definition) is 9. The van der Waals surface area contributed by atoms with Crippen molar-refractivity contribution >= 4 is 16.6 Å². The van der Waals surface area contributed by atoms with Crippen molar-refractivity contribution < 1.29 is 14.6 Å². The van der Waals surface area contributed by atoms with Crippen LogP contribution in [0.5, 0.6) is 5.75 Å². The first-order valence-electron chi connectivity index (χ1n) is 14.1. The number of benzene rings is 1. The molecule has 1 atom stereocenters. The number of aliphatic hydroxyl groups is 1. The Morgan fingerprint density at radius 1 is 0.974 bits per heavy atom. The summed E-state index contributed by atoms with van der Waals surface area (Å²) < 4.78 is 11.5. The lowest BCUT2D eigenvalue weighted by atomic mass is 9.83. The zero-order valence-electron chi connectivity index (χ0n) is 23.7. The summed E-state index contributed by atoms with van der Waals surface area (Å²) in [4.78, 5) is 8.90. The number of methoxy groups -OCH3 is 1. The molecule has 2 N–H and O–H groups in total. The largest absolute Gasteiger partial charge is 0.496 e. The average Bonchev–Trinajstić information content (AvgIpc) is 2.97. The Kier molecular flexibility index (Phi) is 8.32. The van der Waals surface area contributed by atoms with Gasteiger partial charge >= 0.3 is 0 Å². The van der Waals surface area contributed by atoms with E-state index in [-0.39, 0.29) is 5.54 Å². The van der Waals surface area contributed by atoms with Crippen LogP contribution in [0.25, 0.3) is 10.8 Å². The van der Waals surface area contributed by atoms with Crippen LogP contribution in [0.1, 0.15) is 50.4 Å². The molecule has 2 aromatic heterocycles. The van der Waals surface area contributed by atoms with Crippen molar-refractivity contribution in [2.45, 2.75) is 51.2 Å².